The molecule has 2 aromatic rings. The molecule has 0 saturated heterocycles. The molecule has 1 N–H and O–H groups in total. The molecular weight excluding hydrogens is 364 g/mol. The molecule has 2 amide bonds. The van der Waals surface area contributed by atoms with Crippen molar-refractivity contribution in [3.05, 3.63) is 63.7 Å². The van der Waals surface area contributed by atoms with Crippen molar-refractivity contribution in [3.63, 3.8) is 0 Å². The normalized spacial score (nSPS) is 15.1. The molecule has 3 rings (SSSR count). The van der Waals surface area contributed by atoms with Crippen molar-refractivity contribution in [1.82, 2.24) is 5.32 Å². The Balaban J connectivity index is 1.57. The van der Waals surface area contributed by atoms with Gasteiger partial charge in [-0.3, -0.25) is 9.59 Å². The van der Waals surface area contributed by atoms with Crippen LogP contribution in [0, 0.1) is 19.8 Å². The summed E-state index contributed by atoms with van der Waals surface area (Å²) in [5.41, 5.74) is 2.69. The van der Waals surface area contributed by atoms with Crippen LogP contribution in [-0.4, -0.2) is 25.0 Å². The van der Waals surface area contributed by atoms with Gasteiger partial charge in [0.2, 0.25) is 0 Å². The molecule has 1 unspecified atom stereocenters. The maximum Gasteiger partial charge on any atom is 0.253 e. The molecule has 5 nitrogen and oxygen atoms in total. The van der Waals surface area contributed by atoms with Crippen LogP contribution in [0.15, 0.2) is 41.4 Å². The first-order chi connectivity index (χ1) is 14.0. The lowest BCUT2D eigenvalue weighted by molar-refractivity contribution is -0.120. The van der Waals surface area contributed by atoms with Crippen LogP contribution in [0.3, 0.4) is 0 Å². The third kappa shape index (κ3) is 5.11. The zero-order valence-corrected chi connectivity index (χ0v) is 17.3. The van der Waals surface area contributed by atoms with Crippen molar-refractivity contribution in [2.75, 3.05) is 13.2 Å². The summed E-state index contributed by atoms with van der Waals surface area (Å²) in [5.74, 6) is 0.160. The van der Waals surface area contributed by atoms with Crippen LogP contribution >= 0.6 is 0 Å². The number of hydrogen-bond acceptors (Lipinski definition) is 3. The zero-order chi connectivity index (χ0) is 20.8. The molecule has 0 bridgehead atoms. The lowest BCUT2D eigenvalue weighted by Crippen LogP contribution is -2.38. The average Bonchev–Trinajstić information content (AvgIpc) is 2.72. The summed E-state index contributed by atoms with van der Waals surface area (Å²) in [7, 11) is 0. The Labute approximate surface area is 171 Å². The standard InChI is InChI=1S/C24H28N2O3/c1-4-5-14-29-20-10-8-18(9-11-20)23(27)25-13-12-19-15-21-16(2)6-7-17(3)22(21)26-24(19)28/h6-11,15,19H,4-5,12-14H2,1-3H3,(H,25,27). The SMILES string of the molecule is CCCCOc1ccc(C(=O)NCCC2C=c3c(C)ccc(C)c3=NC2=O)cc1. The van der Waals surface area contributed by atoms with Crippen molar-refractivity contribution in [1.29, 1.82) is 0 Å². The fourth-order valence-electron chi connectivity index (χ4n) is 3.33. The van der Waals surface area contributed by atoms with Gasteiger partial charge >= 0.3 is 0 Å². The number of rotatable bonds is 8. The van der Waals surface area contributed by atoms with Gasteiger partial charge in [-0.15, -0.1) is 0 Å². The molecule has 5 heteroatoms. The third-order valence-corrected chi connectivity index (χ3v) is 5.17. The van der Waals surface area contributed by atoms with Crippen molar-refractivity contribution in [2.45, 2.75) is 40.0 Å². The first-order valence-electron chi connectivity index (χ1n) is 10.2. The van der Waals surface area contributed by atoms with Gasteiger partial charge in [-0.05, 0) is 62.1 Å². The van der Waals surface area contributed by atoms with Crippen LogP contribution in [-0.2, 0) is 4.79 Å². The molecule has 0 spiro atoms. The van der Waals surface area contributed by atoms with Gasteiger partial charge in [-0.1, -0.05) is 31.6 Å². The number of benzene rings is 2. The Hall–Kier alpha value is -2.95. The zero-order valence-electron chi connectivity index (χ0n) is 17.3. The van der Waals surface area contributed by atoms with Gasteiger partial charge in [0.15, 0.2) is 0 Å². The van der Waals surface area contributed by atoms with E-state index in [2.05, 4.69) is 17.2 Å². The van der Waals surface area contributed by atoms with E-state index in [1.54, 1.807) is 12.1 Å². The van der Waals surface area contributed by atoms with E-state index in [1.807, 2.05) is 44.2 Å². The van der Waals surface area contributed by atoms with Crippen LogP contribution in [0.2, 0.25) is 0 Å². The molecule has 1 aliphatic heterocycles. The number of hydrogen-bond donors (Lipinski definition) is 1. The molecule has 152 valence electrons. The summed E-state index contributed by atoms with van der Waals surface area (Å²) in [6.07, 6.45) is 4.61. The highest BCUT2D eigenvalue weighted by atomic mass is 16.5. The Morgan fingerprint density at radius 2 is 1.83 bits per heavy atom. The van der Waals surface area contributed by atoms with Crippen LogP contribution < -0.4 is 20.6 Å². The number of carbonyl (C=O) groups excluding carboxylic acids is 2. The Morgan fingerprint density at radius 1 is 1.10 bits per heavy atom. The number of carbonyl (C=O) groups is 2. The monoisotopic (exact) mass is 392 g/mol. The minimum Gasteiger partial charge on any atom is -0.494 e. The Morgan fingerprint density at radius 3 is 2.55 bits per heavy atom. The summed E-state index contributed by atoms with van der Waals surface area (Å²) in [6.45, 7) is 7.19. The number of nitrogens with zero attached hydrogens (tertiary/aromatic N) is 1. The second-order valence-electron chi connectivity index (χ2n) is 7.46. The van der Waals surface area contributed by atoms with Gasteiger partial charge in [-0.2, -0.15) is 0 Å². The highest BCUT2D eigenvalue weighted by Gasteiger charge is 2.19. The molecule has 0 saturated carbocycles. The predicted octanol–water partition coefficient (Wildman–Crippen LogP) is 2.86. The van der Waals surface area contributed by atoms with Crippen molar-refractivity contribution >= 4 is 17.9 Å². The molecule has 0 aliphatic carbocycles. The highest BCUT2D eigenvalue weighted by Crippen LogP contribution is 2.13. The second kappa shape index (κ2) is 9.50. The number of fused-ring (bicyclic) bond motifs is 1. The van der Waals surface area contributed by atoms with E-state index in [0.29, 0.717) is 25.1 Å². The third-order valence-electron chi connectivity index (χ3n) is 5.17. The number of unbranched alkanes of at least 4 members (excludes halogenated alkanes) is 1. The van der Waals surface area contributed by atoms with Gasteiger partial charge in [0.05, 0.1) is 17.9 Å². The van der Waals surface area contributed by atoms with E-state index < -0.39 is 0 Å². The summed E-state index contributed by atoms with van der Waals surface area (Å²) < 4.78 is 5.62. The molecule has 1 atom stereocenters. The van der Waals surface area contributed by atoms with E-state index in [0.717, 1.165) is 40.3 Å². The fourth-order valence-corrected chi connectivity index (χ4v) is 3.33. The Bertz CT molecular complexity index is 1010. The molecule has 0 fully saturated rings. The lowest BCUT2D eigenvalue weighted by atomic mass is 9.97. The van der Waals surface area contributed by atoms with Crippen molar-refractivity contribution < 1.29 is 14.3 Å². The molecule has 1 aliphatic rings. The predicted molar refractivity (Wildman–Crippen MR) is 113 cm³/mol. The molecular formula is C24H28N2O3. The smallest absolute Gasteiger partial charge is 0.253 e. The topological polar surface area (TPSA) is 67.8 Å². The van der Waals surface area contributed by atoms with Crippen LogP contribution in [0.4, 0.5) is 0 Å². The lowest BCUT2D eigenvalue weighted by Gasteiger charge is -2.14. The summed E-state index contributed by atoms with van der Waals surface area (Å²) in [5, 5.41) is 4.70. The Kier molecular flexibility index (Phi) is 6.81. The van der Waals surface area contributed by atoms with Gasteiger partial charge in [0, 0.05) is 17.3 Å². The van der Waals surface area contributed by atoms with E-state index in [1.165, 1.54) is 0 Å². The van der Waals surface area contributed by atoms with E-state index >= 15 is 0 Å². The summed E-state index contributed by atoms with van der Waals surface area (Å²) >= 11 is 0. The largest absolute Gasteiger partial charge is 0.494 e. The van der Waals surface area contributed by atoms with Gasteiger partial charge in [0.1, 0.15) is 5.75 Å². The molecule has 29 heavy (non-hydrogen) atoms. The minimum absolute atomic E-state index is 0.144. The first kappa shape index (κ1) is 20.8. The maximum atomic E-state index is 12.4. The number of amides is 2. The van der Waals surface area contributed by atoms with Crippen LogP contribution in [0.5, 0.6) is 5.75 Å². The van der Waals surface area contributed by atoms with E-state index in [4.69, 9.17) is 4.74 Å². The number of aryl methyl sites for hydroxylation is 2. The number of nitrogens with one attached hydrogen (secondary N) is 1. The summed E-state index contributed by atoms with van der Waals surface area (Å²) in [4.78, 5) is 29.0. The molecule has 1 heterocycles. The molecule has 0 aromatic heterocycles. The van der Waals surface area contributed by atoms with Crippen molar-refractivity contribution in [2.24, 2.45) is 10.9 Å². The quantitative estimate of drug-likeness (QED) is 0.703. The first-order valence-corrected chi connectivity index (χ1v) is 10.2. The minimum atomic E-state index is -0.308. The van der Waals surface area contributed by atoms with Gasteiger partial charge < -0.3 is 10.1 Å². The average molecular weight is 392 g/mol. The van der Waals surface area contributed by atoms with Gasteiger partial charge in [0.25, 0.3) is 11.8 Å². The number of ether oxygens (including phenoxy) is 1. The van der Waals surface area contributed by atoms with E-state index in [9.17, 15) is 9.59 Å². The summed E-state index contributed by atoms with van der Waals surface area (Å²) in [6, 6.07) is 11.2. The maximum absolute atomic E-state index is 12.4. The fraction of sp³-hybridized carbons (Fsp3) is 0.375. The van der Waals surface area contributed by atoms with Gasteiger partial charge in [-0.25, -0.2) is 4.99 Å². The van der Waals surface area contributed by atoms with E-state index in [-0.39, 0.29) is 17.7 Å². The molecule has 2 aromatic carbocycles. The van der Waals surface area contributed by atoms with Crippen molar-refractivity contribution in [3.8, 4) is 5.75 Å². The van der Waals surface area contributed by atoms with Crippen LogP contribution in [0.25, 0.3) is 6.08 Å². The highest BCUT2D eigenvalue weighted by molar-refractivity contribution is 5.94. The second-order valence-corrected chi connectivity index (χ2v) is 7.46. The molecule has 0 radical (unpaired) electrons. The van der Waals surface area contributed by atoms with Crippen LogP contribution in [0.1, 0.15) is 47.7 Å².